The van der Waals surface area contributed by atoms with Crippen LogP contribution in [0, 0.1) is 0 Å². The maximum atomic E-state index is 9.11. The molecule has 0 aromatic carbocycles. The van der Waals surface area contributed by atoms with Crippen LogP contribution in [0.2, 0.25) is 0 Å². The fourth-order valence-corrected chi connectivity index (χ4v) is 2.22. The van der Waals surface area contributed by atoms with E-state index in [1.807, 2.05) is 24.1 Å². The Bertz CT molecular complexity index is 467. The molecule has 2 aromatic rings. The summed E-state index contributed by atoms with van der Waals surface area (Å²) in [6.07, 6.45) is 0. The van der Waals surface area contributed by atoms with Crippen molar-refractivity contribution in [3.05, 3.63) is 28.2 Å². The van der Waals surface area contributed by atoms with Gasteiger partial charge in [-0.15, -0.1) is 0 Å². The van der Waals surface area contributed by atoms with Gasteiger partial charge < -0.3 is 14.5 Å². The highest BCUT2D eigenvalue weighted by Gasteiger charge is 2.16. The zero-order valence-electron chi connectivity index (χ0n) is 10.5. The van der Waals surface area contributed by atoms with E-state index >= 15 is 0 Å². The van der Waals surface area contributed by atoms with E-state index in [9.17, 15) is 0 Å². The molecule has 0 spiro atoms. The quantitative estimate of drug-likeness (QED) is 0.869. The van der Waals surface area contributed by atoms with Crippen LogP contribution in [0.5, 0.6) is 0 Å². The van der Waals surface area contributed by atoms with Crippen molar-refractivity contribution >= 4 is 17.4 Å². The van der Waals surface area contributed by atoms with Crippen LogP contribution in [0.3, 0.4) is 0 Å². The summed E-state index contributed by atoms with van der Waals surface area (Å²) < 4.78 is 5.25. The van der Waals surface area contributed by atoms with Crippen LogP contribution >= 0.6 is 11.3 Å². The van der Waals surface area contributed by atoms with E-state index in [0.29, 0.717) is 24.9 Å². The number of hydrogen-bond donors (Lipinski definition) is 1. The highest BCUT2D eigenvalue weighted by molar-refractivity contribution is 7.07. The number of anilines is 1. The third-order valence-corrected chi connectivity index (χ3v) is 3.27. The first-order valence-corrected chi connectivity index (χ1v) is 6.85. The summed E-state index contributed by atoms with van der Waals surface area (Å²) in [5.41, 5.74) is 1.18. The van der Waals surface area contributed by atoms with Gasteiger partial charge in [0.25, 0.3) is 0 Å². The Labute approximate surface area is 110 Å². The molecule has 0 unspecified atom stereocenters. The molecule has 0 aliphatic rings. The molecule has 5 nitrogen and oxygen atoms in total. The lowest BCUT2D eigenvalue weighted by atomic mass is 10.2. The molecule has 2 aromatic heterocycles. The van der Waals surface area contributed by atoms with Crippen LogP contribution in [0.15, 0.2) is 21.3 Å². The van der Waals surface area contributed by atoms with Crippen molar-refractivity contribution in [3.63, 3.8) is 0 Å². The largest absolute Gasteiger partial charge is 0.395 e. The van der Waals surface area contributed by atoms with Gasteiger partial charge in [0.15, 0.2) is 5.82 Å². The van der Waals surface area contributed by atoms with Crippen LogP contribution in [0.25, 0.3) is 0 Å². The Kier molecular flexibility index (Phi) is 4.33. The van der Waals surface area contributed by atoms with Crippen LogP contribution in [0.1, 0.15) is 31.2 Å². The Morgan fingerprint density at radius 2 is 2.33 bits per heavy atom. The van der Waals surface area contributed by atoms with Gasteiger partial charge in [-0.05, 0) is 22.4 Å². The van der Waals surface area contributed by atoms with Gasteiger partial charge in [-0.25, -0.2) is 0 Å². The number of aliphatic hydroxyl groups is 1. The fourth-order valence-electron chi connectivity index (χ4n) is 1.56. The molecule has 0 saturated heterocycles. The van der Waals surface area contributed by atoms with Crippen molar-refractivity contribution in [1.29, 1.82) is 0 Å². The fraction of sp³-hybridized carbons (Fsp3) is 0.500. The highest BCUT2D eigenvalue weighted by atomic mass is 32.1. The second-order valence-electron chi connectivity index (χ2n) is 4.37. The Hall–Kier alpha value is -1.40. The lowest BCUT2D eigenvalue weighted by Crippen LogP contribution is -2.26. The number of hydrogen-bond acceptors (Lipinski definition) is 6. The predicted molar refractivity (Wildman–Crippen MR) is 70.8 cm³/mol. The van der Waals surface area contributed by atoms with Crippen molar-refractivity contribution < 1.29 is 9.63 Å². The van der Waals surface area contributed by atoms with Gasteiger partial charge in [-0.2, -0.15) is 16.3 Å². The van der Waals surface area contributed by atoms with Crippen molar-refractivity contribution in [2.75, 3.05) is 18.1 Å². The van der Waals surface area contributed by atoms with E-state index in [0.717, 1.165) is 0 Å². The van der Waals surface area contributed by atoms with Crippen LogP contribution in [-0.2, 0) is 6.54 Å². The molecule has 0 radical (unpaired) electrons. The second-order valence-corrected chi connectivity index (χ2v) is 5.15. The topological polar surface area (TPSA) is 62.4 Å². The van der Waals surface area contributed by atoms with Gasteiger partial charge in [-0.3, -0.25) is 0 Å². The standard InChI is InChI=1S/C12H17N3O2S/c1-9(2)11-13-12(17-14-11)15(4-5-16)7-10-3-6-18-8-10/h3,6,8-9,16H,4-5,7H2,1-2H3. The zero-order chi connectivity index (χ0) is 13.0. The summed E-state index contributed by atoms with van der Waals surface area (Å²) >= 11 is 1.65. The number of rotatable bonds is 6. The summed E-state index contributed by atoms with van der Waals surface area (Å²) in [7, 11) is 0. The van der Waals surface area contributed by atoms with Crippen LogP contribution < -0.4 is 4.90 Å². The molecule has 0 aliphatic carbocycles. The maximum absolute atomic E-state index is 9.11. The zero-order valence-corrected chi connectivity index (χ0v) is 11.4. The van der Waals surface area contributed by atoms with Gasteiger partial charge in [-0.1, -0.05) is 19.0 Å². The van der Waals surface area contributed by atoms with Crippen molar-refractivity contribution in [2.45, 2.75) is 26.3 Å². The van der Waals surface area contributed by atoms with Crippen LogP contribution in [0.4, 0.5) is 6.01 Å². The van der Waals surface area contributed by atoms with E-state index in [-0.39, 0.29) is 12.5 Å². The number of aliphatic hydroxyl groups excluding tert-OH is 1. The van der Waals surface area contributed by atoms with E-state index in [1.165, 1.54) is 5.56 Å². The minimum Gasteiger partial charge on any atom is -0.395 e. The normalized spacial score (nSPS) is 11.1. The third kappa shape index (κ3) is 3.08. The second kappa shape index (κ2) is 5.97. The molecule has 0 aliphatic heterocycles. The summed E-state index contributed by atoms with van der Waals surface area (Å²) in [5.74, 6) is 0.929. The Morgan fingerprint density at radius 1 is 1.50 bits per heavy atom. The number of nitrogens with zero attached hydrogens (tertiary/aromatic N) is 3. The highest BCUT2D eigenvalue weighted by Crippen LogP contribution is 2.19. The minimum absolute atomic E-state index is 0.0591. The first-order valence-electron chi connectivity index (χ1n) is 5.91. The van der Waals surface area contributed by atoms with E-state index in [2.05, 4.69) is 21.6 Å². The van der Waals surface area contributed by atoms with Crippen LogP contribution in [-0.4, -0.2) is 28.4 Å². The molecule has 1 N–H and O–H groups in total. The monoisotopic (exact) mass is 267 g/mol. The summed E-state index contributed by atoms with van der Waals surface area (Å²) in [4.78, 5) is 6.24. The lowest BCUT2D eigenvalue weighted by molar-refractivity contribution is 0.295. The molecule has 2 rings (SSSR count). The summed E-state index contributed by atoms with van der Waals surface area (Å²) in [6, 6.07) is 2.52. The molecule has 0 amide bonds. The van der Waals surface area contributed by atoms with Crippen molar-refractivity contribution in [3.8, 4) is 0 Å². The smallest absolute Gasteiger partial charge is 0.324 e. The third-order valence-electron chi connectivity index (χ3n) is 2.54. The maximum Gasteiger partial charge on any atom is 0.324 e. The molecule has 6 heteroatoms. The van der Waals surface area contributed by atoms with E-state index in [4.69, 9.17) is 9.63 Å². The summed E-state index contributed by atoms with van der Waals surface area (Å²) in [5, 5.41) is 17.2. The van der Waals surface area contributed by atoms with Crippen molar-refractivity contribution in [2.24, 2.45) is 0 Å². The molecule has 18 heavy (non-hydrogen) atoms. The lowest BCUT2D eigenvalue weighted by Gasteiger charge is -2.17. The van der Waals surface area contributed by atoms with Gasteiger partial charge in [0.1, 0.15) is 0 Å². The average Bonchev–Trinajstić information content (AvgIpc) is 2.99. The Morgan fingerprint density at radius 3 is 2.89 bits per heavy atom. The van der Waals surface area contributed by atoms with Gasteiger partial charge in [0.2, 0.25) is 0 Å². The van der Waals surface area contributed by atoms with Gasteiger partial charge >= 0.3 is 6.01 Å². The summed E-state index contributed by atoms with van der Waals surface area (Å²) in [6.45, 7) is 5.25. The minimum atomic E-state index is 0.0591. The molecule has 98 valence electrons. The first-order chi connectivity index (χ1) is 8.70. The molecular weight excluding hydrogens is 250 g/mol. The predicted octanol–water partition coefficient (Wildman–Crippen LogP) is 2.25. The molecular formula is C12H17N3O2S. The molecule has 0 fully saturated rings. The van der Waals surface area contributed by atoms with Crippen molar-refractivity contribution in [1.82, 2.24) is 10.1 Å². The number of thiophene rings is 1. The molecule has 0 atom stereocenters. The van der Waals surface area contributed by atoms with E-state index < -0.39 is 0 Å². The average molecular weight is 267 g/mol. The number of aromatic nitrogens is 2. The van der Waals surface area contributed by atoms with E-state index in [1.54, 1.807) is 11.3 Å². The molecule has 0 bridgehead atoms. The van der Waals surface area contributed by atoms with Gasteiger partial charge in [0, 0.05) is 19.0 Å². The first kappa shape index (κ1) is 13.0. The van der Waals surface area contributed by atoms with Gasteiger partial charge in [0.05, 0.1) is 6.61 Å². The molecule has 0 saturated carbocycles. The molecule has 2 heterocycles. The SMILES string of the molecule is CC(C)c1noc(N(CCO)Cc2ccsc2)n1. The Balaban J connectivity index is 2.13.